The van der Waals surface area contributed by atoms with Crippen LogP contribution in [0.4, 0.5) is 0 Å². The van der Waals surface area contributed by atoms with E-state index in [0.717, 1.165) is 6.42 Å². The third kappa shape index (κ3) is 1.38. The van der Waals surface area contributed by atoms with Crippen LogP contribution in [0.5, 0.6) is 0 Å². The molecule has 0 radical (unpaired) electrons. The Bertz CT molecular complexity index is 247. The molecule has 2 aliphatic carbocycles. The van der Waals surface area contributed by atoms with Crippen LogP contribution in [-0.2, 0) is 9.53 Å². The molecule has 1 spiro atoms. The van der Waals surface area contributed by atoms with Crippen molar-refractivity contribution >= 4 is 5.97 Å². The largest absolute Gasteiger partial charge is 0.466 e. The van der Waals surface area contributed by atoms with Gasteiger partial charge >= 0.3 is 5.97 Å². The Balaban J connectivity index is 2.08. The van der Waals surface area contributed by atoms with Crippen molar-refractivity contribution in [3.05, 3.63) is 11.6 Å². The zero-order valence-corrected chi connectivity index (χ0v) is 8.14. The molecular weight excluding hydrogens is 164 g/mol. The van der Waals surface area contributed by atoms with Crippen LogP contribution >= 0.6 is 0 Å². The van der Waals surface area contributed by atoms with Gasteiger partial charge in [-0.2, -0.15) is 0 Å². The summed E-state index contributed by atoms with van der Waals surface area (Å²) >= 11 is 0. The quantitative estimate of drug-likeness (QED) is 0.457. The molecule has 2 fully saturated rings. The number of rotatable bonds is 1. The zero-order chi connectivity index (χ0) is 9.31. The van der Waals surface area contributed by atoms with Crippen LogP contribution in [0.1, 0.15) is 38.5 Å². The van der Waals surface area contributed by atoms with E-state index in [4.69, 9.17) is 0 Å². The van der Waals surface area contributed by atoms with Gasteiger partial charge in [0.1, 0.15) is 0 Å². The summed E-state index contributed by atoms with van der Waals surface area (Å²) in [6.07, 6.45) is 9.35. The Labute approximate surface area is 79.0 Å². The highest BCUT2D eigenvalue weighted by molar-refractivity contribution is 5.83. The molecule has 0 unspecified atom stereocenters. The first-order valence-electron chi connectivity index (χ1n) is 5.06. The number of allylic oxidation sites excluding steroid dienone is 1. The molecule has 0 atom stereocenters. The first-order valence-corrected chi connectivity index (χ1v) is 5.06. The highest BCUT2D eigenvalue weighted by atomic mass is 16.5. The van der Waals surface area contributed by atoms with Crippen LogP contribution < -0.4 is 0 Å². The maximum Gasteiger partial charge on any atom is 0.330 e. The Kier molecular flexibility index (Phi) is 2.14. The number of ether oxygens (including phenoxy) is 1. The van der Waals surface area contributed by atoms with Crippen molar-refractivity contribution in [3.63, 3.8) is 0 Å². The minimum absolute atomic E-state index is 0.180. The summed E-state index contributed by atoms with van der Waals surface area (Å²) in [4.78, 5) is 11.1. The van der Waals surface area contributed by atoms with Gasteiger partial charge < -0.3 is 4.74 Å². The molecule has 2 heteroatoms. The highest BCUT2D eigenvalue weighted by Crippen LogP contribution is 2.56. The topological polar surface area (TPSA) is 26.3 Å². The van der Waals surface area contributed by atoms with Crippen LogP contribution in [0.25, 0.3) is 0 Å². The smallest absolute Gasteiger partial charge is 0.330 e. The second-order valence-electron chi connectivity index (χ2n) is 4.18. The van der Waals surface area contributed by atoms with Gasteiger partial charge in [-0.25, -0.2) is 4.79 Å². The molecule has 2 nitrogen and oxygen atoms in total. The molecule has 2 saturated carbocycles. The summed E-state index contributed by atoms with van der Waals surface area (Å²) in [5.74, 6) is -0.180. The van der Waals surface area contributed by atoms with Crippen molar-refractivity contribution in [2.45, 2.75) is 38.5 Å². The van der Waals surface area contributed by atoms with Crippen molar-refractivity contribution in [2.75, 3.05) is 7.11 Å². The summed E-state index contributed by atoms with van der Waals surface area (Å²) in [6, 6.07) is 0. The van der Waals surface area contributed by atoms with Gasteiger partial charge in [0.2, 0.25) is 0 Å². The molecule has 0 N–H and O–H groups in total. The van der Waals surface area contributed by atoms with E-state index in [9.17, 15) is 4.79 Å². The lowest BCUT2D eigenvalue weighted by Gasteiger charge is -2.41. The van der Waals surface area contributed by atoms with E-state index in [1.54, 1.807) is 6.08 Å². The lowest BCUT2D eigenvalue weighted by Crippen LogP contribution is -2.30. The SMILES string of the molecule is COC(=O)/C=C1/CCC12CCCC2. The van der Waals surface area contributed by atoms with E-state index in [0.29, 0.717) is 5.41 Å². The third-order valence-electron chi connectivity index (χ3n) is 3.61. The van der Waals surface area contributed by atoms with Gasteiger partial charge in [0, 0.05) is 6.08 Å². The summed E-state index contributed by atoms with van der Waals surface area (Å²) in [5, 5.41) is 0. The minimum Gasteiger partial charge on any atom is -0.466 e. The molecule has 0 aromatic rings. The maximum absolute atomic E-state index is 11.1. The Morgan fingerprint density at radius 3 is 2.54 bits per heavy atom. The fourth-order valence-corrected chi connectivity index (χ4v) is 2.67. The highest BCUT2D eigenvalue weighted by Gasteiger charge is 2.43. The van der Waals surface area contributed by atoms with Crippen LogP contribution in [0.15, 0.2) is 11.6 Å². The molecule has 0 saturated heterocycles. The van der Waals surface area contributed by atoms with Gasteiger partial charge in [0.15, 0.2) is 0 Å². The van der Waals surface area contributed by atoms with Crippen molar-refractivity contribution in [2.24, 2.45) is 5.41 Å². The number of hydrogen-bond acceptors (Lipinski definition) is 2. The average Bonchev–Trinajstić information content (AvgIpc) is 2.62. The van der Waals surface area contributed by atoms with Crippen molar-refractivity contribution < 1.29 is 9.53 Å². The third-order valence-corrected chi connectivity index (χ3v) is 3.61. The summed E-state index contributed by atoms with van der Waals surface area (Å²) in [7, 11) is 1.44. The number of hydrogen-bond donors (Lipinski definition) is 0. The molecule has 72 valence electrons. The lowest BCUT2D eigenvalue weighted by atomic mass is 9.63. The van der Waals surface area contributed by atoms with Gasteiger partial charge in [-0.1, -0.05) is 18.4 Å². The standard InChI is InChI=1S/C11H16O2/c1-13-10(12)8-9-4-7-11(9)5-2-3-6-11/h8H,2-7H2,1H3/b9-8-. The van der Waals surface area contributed by atoms with Gasteiger partial charge in [-0.15, -0.1) is 0 Å². The molecule has 0 heterocycles. The fourth-order valence-electron chi connectivity index (χ4n) is 2.67. The molecule has 0 bridgehead atoms. The predicted molar refractivity (Wildman–Crippen MR) is 50.2 cm³/mol. The molecular formula is C11H16O2. The van der Waals surface area contributed by atoms with Crippen molar-refractivity contribution in [1.29, 1.82) is 0 Å². The number of carbonyl (C=O) groups excluding carboxylic acids is 1. The summed E-state index contributed by atoms with van der Waals surface area (Å²) in [5.41, 5.74) is 1.77. The normalized spacial score (nSPS) is 27.6. The number of carbonyl (C=O) groups is 1. The van der Waals surface area contributed by atoms with Crippen LogP contribution in [0.3, 0.4) is 0 Å². The predicted octanol–water partition coefficient (Wildman–Crippen LogP) is 2.44. The monoisotopic (exact) mass is 180 g/mol. The van der Waals surface area contributed by atoms with Crippen LogP contribution in [-0.4, -0.2) is 13.1 Å². The zero-order valence-electron chi connectivity index (χ0n) is 8.14. The van der Waals surface area contributed by atoms with Gasteiger partial charge in [-0.05, 0) is 31.1 Å². The second kappa shape index (κ2) is 3.17. The Morgan fingerprint density at radius 1 is 1.38 bits per heavy atom. The molecule has 0 aromatic heterocycles. The number of methoxy groups -OCH3 is 1. The second-order valence-corrected chi connectivity index (χ2v) is 4.18. The van der Waals surface area contributed by atoms with Crippen LogP contribution in [0, 0.1) is 5.41 Å². The molecule has 13 heavy (non-hydrogen) atoms. The summed E-state index contributed by atoms with van der Waals surface area (Å²) < 4.78 is 4.64. The van der Waals surface area contributed by atoms with E-state index in [1.165, 1.54) is 44.8 Å². The molecule has 2 rings (SSSR count). The average molecular weight is 180 g/mol. The van der Waals surface area contributed by atoms with Gasteiger partial charge in [-0.3, -0.25) is 0 Å². The maximum atomic E-state index is 11.1. The molecule has 0 aromatic carbocycles. The summed E-state index contributed by atoms with van der Waals surface area (Å²) in [6.45, 7) is 0. The van der Waals surface area contributed by atoms with E-state index in [-0.39, 0.29) is 5.97 Å². The van der Waals surface area contributed by atoms with Gasteiger partial charge in [0.05, 0.1) is 7.11 Å². The lowest BCUT2D eigenvalue weighted by molar-refractivity contribution is -0.135. The number of esters is 1. The molecule has 0 amide bonds. The van der Waals surface area contributed by atoms with E-state index in [2.05, 4.69) is 4.74 Å². The fraction of sp³-hybridized carbons (Fsp3) is 0.727. The van der Waals surface area contributed by atoms with Crippen molar-refractivity contribution in [1.82, 2.24) is 0 Å². The minimum atomic E-state index is -0.180. The molecule has 0 aliphatic heterocycles. The Hall–Kier alpha value is -0.790. The Morgan fingerprint density at radius 2 is 2.08 bits per heavy atom. The van der Waals surface area contributed by atoms with E-state index >= 15 is 0 Å². The van der Waals surface area contributed by atoms with E-state index in [1.807, 2.05) is 0 Å². The first-order chi connectivity index (χ1) is 6.27. The van der Waals surface area contributed by atoms with Crippen LogP contribution in [0.2, 0.25) is 0 Å². The molecule has 2 aliphatic rings. The van der Waals surface area contributed by atoms with E-state index < -0.39 is 0 Å². The van der Waals surface area contributed by atoms with Gasteiger partial charge in [0.25, 0.3) is 0 Å². The first kappa shape index (κ1) is 8.79. The van der Waals surface area contributed by atoms with Crippen molar-refractivity contribution in [3.8, 4) is 0 Å².